The zero-order valence-corrected chi connectivity index (χ0v) is 11.4. The van der Waals surface area contributed by atoms with Crippen molar-refractivity contribution in [1.82, 2.24) is 4.90 Å². The molecule has 2 aliphatic rings. The average molecular weight is 245 g/mol. The van der Waals surface area contributed by atoms with Gasteiger partial charge >= 0.3 is 0 Å². The van der Waals surface area contributed by atoms with Crippen molar-refractivity contribution in [3.8, 4) is 0 Å². The molecule has 2 nitrogen and oxygen atoms in total. The van der Waals surface area contributed by atoms with E-state index in [1.54, 1.807) is 0 Å². The van der Waals surface area contributed by atoms with E-state index in [0.29, 0.717) is 6.04 Å². The van der Waals surface area contributed by atoms with Crippen LogP contribution < -0.4 is 5.73 Å². The van der Waals surface area contributed by atoms with Gasteiger partial charge in [-0.05, 0) is 62.7 Å². The second-order valence-corrected chi connectivity index (χ2v) is 6.16. The molecule has 1 atom stereocenters. The molecule has 1 aromatic rings. The third-order valence-corrected chi connectivity index (χ3v) is 4.89. The Labute approximate surface area is 112 Å². The second-order valence-electron chi connectivity index (χ2n) is 6.16. The van der Waals surface area contributed by atoms with Gasteiger partial charge in [0, 0.05) is 12.1 Å². The van der Waals surface area contributed by atoms with Crippen LogP contribution in [0.25, 0.3) is 0 Å². The van der Waals surface area contributed by atoms with Gasteiger partial charge in [0.25, 0.3) is 0 Å². The summed E-state index contributed by atoms with van der Waals surface area (Å²) in [6.45, 7) is 6.64. The molecule has 1 aliphatic carbocycles. The summed E-state index contributed by atoms with van der Waals surface area (Å²) in [5, 5.41) is 0. The maximum absolute atomic E-state index is 8.74. The van der Waals surface area contributed by atoms with E-state index in [4.69, 9.17) is 7.10 Å². The van der Waals surface area contributed by atoms with Gasteiger partial charge in [0.1, 0.15) is 0 Å². The highest BCUT2D eigenvalue weighted by molar-refractivity contribution is 5.38. The van der Waals surface area contributed by atoms with Gasteiger partial charge in [-0.25, -0.2) is 0 Å². The summed E-state index contributed by atoms with van der Waals surface area (Å²) >= 11 is 0. The molecule has 0 unspecified atom stereocenters. The van der Waals surface area contributed by atoms with Crippen LogP contribution in [-0.2, 0) is 6.42 Å². The van der Waals surface area contributed by atoms with Gasteiger partial charge in [0.15, 0.2) is 0 Å². The van der Waals surface area contributed by atoms with Crippen LogP contribution in [0.5, 0.6) is 0 Å². The first kappa shape index (κ1) is 11.0. The molecule has 18 heavy (non-hydrogen) atoms. The van der Waals surface area contributed by atoms with Gasteiger partial charge in [-0.2, -0.15) is 0 Å². The molecule has 1 aromatic carbocycles. The average Bonchev–Trinajstić information content (AvgIpc) is 2.59. The molecule has 0 bridgehead atoms. The van der Waals surface area contributed by atoms with Crippen LogP contribution in [-0.4, -0.2) is 24.0 Å². The Morgan fingerprint density at radius 2 is 2.00 bits per heavy atom. The predicted octanol–water partition coefficient (Wildman–Crippen LogP) is 2.73. The van der Waals surface area contributed by atoms with Crippen molar-refractivity contribution in [1.29, 1.82) is 0 Å². The van der Waals surface area contributed by atoms with Gasteiger partial charge in [0.05, 0.1) is 1.37 Å². The standard InChI is InChI=1S/C16H24N2/c1-12(2)18-9-7-16(8-10-18)11-13-5-3-4-6-14(13)15(16)17/h3-6,12,15H,7-11,17H2,1-2H3/t15-/m1/s1/i15D. The van der Waals surface area contributed by atoms with E-state index in [9.17, 15) is 0 Å². The Bertz CT molecular complexity index is 473. The highest BCUT2D eigenvalue weighted by Gasteiger charge is 2.45. The SMILES string of the molecule is [2H][C@@]1(N)c2ccccc2CC12CCN(C(C)C)CC2. The van der Waals surface area contributed by atoms with Crippen LogP contribution in [0.4, 0.5) is 0 Å². The molecule has 0 amide bonds. The van der Waals surface area contributed by atoms with Crippen molar-refractivity contribution in [2.75, 3.05) is 13.1 Å². The maximum Gasteiger partial charge on any atom is 0.0520 e. The van der Waals surface area contributed by atoms with Gasteiger partial charge < -0.3 is 10.6 Å². The number of nitrogens with zero attached hydrogens (tertiary/aromatic N) is 1. The lowest BCUT2D eigenvalue weighted by Crippen LogP contribution is -2.46. The fourth-order valence-electron chi connectivity index (χ4n) is 3.60. The smallest absolute Gasteiger partial charge is 0.0520 e. The van der Waals surface area contributed by atoms with E-state index in [2.05, 4.69) is 30.9 Å². The zero-order chi connectivity index (χ0) is 13.7. The molecule has 0 aromatic heterocycles. The first-order valence-corrected chi connectivity index (χ1v) is 7.08. The van der Waals surface area contributed by atoms with Crippen LogP contribution in [0.3, 0.4) is 0 Å². The molecule has 98 valence electrons. The highest BCUT2D eigenvalue weighted by Crippen LogP contribution is 2.50. The normalized spacial score (nSPS) is 31.7. The van der Waals surface area contributed by atoms with Crippen LogP contribution in [0.2, 0.25) is 0 Å². The van der Waals surface area contributed by atoms with E-state index < -0.39 is 6.02 Å². The van der Waals surface area contributed by atoms with Crippen molar-refractivity contribution in [2.24, 2.45) is 11.1 Å². The van der Waals surface area contributed by atoms with Gasteiger partial charge in [0.2, 0.25) is 0 Å². The minimum Gasteiger partial charge on any atom is -0.323 e. The number of fused-ring (bicyclic) bond motifs is 1. The highest BCUT2D eigenvalue weighted by atomic mass is 15.2. The zero-order valence-electron chi connectivity index (χ0n) is 12.4. The van der Waals surface area contributed by atoms with Crippen molar-refractivity contribution in [2.45, 2.75) is 45.2 Å². The fourth-order valence-corrected chi connectivity index (χ4v) is 3.60. The van der Waals surface area contributed by atoms with Crippen LogP contribution >= 0.6 is 0 Å². The molecular weight excluding hydrogens is 220 g/mol. The Morgan fingerprint density at radius 1 is 1.33 bits per heavy atom. The number of hydrogen-bond donors (Lipinski definition) is 1. The second kappa shape index (κ2) is 4.36. The molecule has 0 saturated carbocycles. The summed E-state index contributed by atoms with van der Waals surface area (Å²) in [6.07, 6.45) is 3.06. The van der Waals surface area contributed by atoms with Crippen molar-refractivity contribution in [3.63, 3.8) is 0 Å². The summed E-state index contributed by atoms with van der Waals surface area (Å²) in [4.78, 5) is 2.50. The number of piperidine rings is 1. The van der Waals surface area contributed by atoms with Crippen LogP contribution in [0.15, 0.2) is 24.3 Å². The summed E-state index contributed by atoms with van der Waals surface area (Å²) < 4.78 is 8.74. The monoisotopic (exact) mass is 245 g/mol. The van der Waals surface area contributed by atoms with E-state index in [1.807, 2.05) is 12.1 Å². The van der Waals surface area contributed by atoms with Crippen LogP contribution in [0, 0.1) is 5.41 Å². The summed E-state index contributed by atoms with van der Waals surface area (Å²) in [5.41, 5.74) is 8.75. The first-order valence-electron chi connectivity index (χ1n) is 7.58. The number of rotatable bonds is 1. The molecule has 0 radical (unpaired) electrons. The van der Waals surface area contributed by atoms with Crippen molar-refractivity contribution in [3.05, 3.63) is 35.4 Å². The molecule has 1 fully saturated rings. The van der Waals surface area contributed by atoms with Gasteiger partial charge in [-0.1, -0.05) is 24.3 Å². The van der Waals surface area contributed by atoms with Crippen molar-refractivity contribution < 1.29 is 1.37 Å². The lowest BCUT2D eigenvalue weighted by Gasteiger charge is -2.43. The number of benzene rings is 1. The van der Waals surface area contributed by atoms with E-state index >= 15 is 0 Å². The van der Waals surface area contributed by atoms with Crippen molar-refractivity contribution >= 4 is 0 Å². The summed E-state index contributed by atoms with van der Waals surface area (Å²) in [7, 11) is 0. The van der Waals surface area contributed by atoms with Gasteiger partial charge in [-0.15, -0.1) is 0 Å². The summed E-state index contributed by atoms with van der Waals surface area (Å²) in [5.74, 6) is 0. The largest absolute Gasteiger partial charge is 0.323 e. The molecule has 2 N–H and O–H groups in total. The molecule has 3 rings (SSSR count). The minimum absolute atomic E-state index is 0.0535. The lowest BCUT2D eigenvalue weighted by molar-refractivity contribution is 0.0710. The first-order chi connectivity index (χ1) is 8.96. The molecule has 2 heteroatoms. The summed E-state index contributed by atoms with van der Waals surface area (Å²) in [6, 6.07) is 7.96. The Balaban J connectivity index is 1.88. The molecular formula is C16H24N2. The number of nitrogens with two attached hydrogens (primary N) is 1. The van der Waals surface area contributed by atoms with Crippen LogP contribution in [0.1, 0.15) is 45.2 Å². The quantitative estimate of drug-likeness (QED) is 0.824. The third-order valence-electron chi connectivity index (χ3n) is 4.89. The Morgan fingerprint density at radius 3 is 2.61 bits per heavy atom. The number of hydrogen-bond acceptors (Lipinski definition) is 2. The predicted molar refractivity (Wildman–Crippen MR) is 75.5 cm³/mol. The minimum atomic E-state index is -0.910. The molecule has 1 spiro atoms. The molecule has 1 aliphatic heterocycles. The maximum atomic E-state index is 8.74. The third kappa shape index (κ3) is 1.79. The van der Waals surface area contributed by atoms with E-state index in [1.165, 1.54) is 5.56 Å². The molecule has 1 saturated heterocycles. The molecule has 1 heterocycles. The Kier molecular flexibility index (Phi) is 2.66. The Hall–Kier alpha value is -0.860. The van der Waals surface area contributed by atoms with Gasteiger partial charge in [-0.3, -0.25) is 0 Å². The number of likely N-dealkylation sites (tertiary alicyclic amines) is 1. The topological polar surface area (TPSA) is 29.3 Å². The van der Waals surface area contributed by atoms with E-state index in [0.717, 1.165) is 37.9 Å². The van der Waals surface area contributed by atoms with E-state index in [-0.39, 0.29) is 5.41 Å². The lowest BCUT2D eigenvalue weighted by atomic mass is 9.73. The fraction of sp³-hybridized carbons (Fsp3) is 0.625.